The van der Waals surface area contributed by atoms with Gasteiger partial charge in [-0.3, -0.25) is 4.79 Å². The van der Waals surface area contributed by atoms with Crippen LogP contribution in [0.3, 0.4) is 0 Å². The Balaban J connectivity index is 0.00000196. The van der Waals surface area contributed by atoms with Gasteiger partial charge in [0.2, 0.25) is 0 Å². The lowest BCUT2D eigenvalue weighted by molar-refractivity contribution is 0.478. The molecule has 0 radical (unpaired) electrons. The summed E-state index contributed by atoms with van der Waals surface area (Å²) in [6.07, 6.45) is 0. The van der Waals surface area contributed by atoms with Crippen molar-refractivity contribution >= 4 is 44.7 Å². The van der Waals surface area contributed by atoms with E-state index in [0.29, 0.717) is 11.2 Å². The van der Waals surface area contributed by atoms with Crippen LogP contribution in [-0.2, 0) is 0 Å². The molecule has 134 valence electrons. The first-order valence-corrected chi connectivity index (χ1v) is 9.03. The van der Waals surface area contributed by atoms with Crippen LogP contribution in [0.5, 0.6) is 5.75 Å². The van der Waals surface area contributed by atoms with Crippen molar-refractivity contribution in [3.63, 3.8) is 0 Å². The Morgan fingerprint density at radius 3 is 2.58 bits per heavy atom. The summed E-state index contributed by atoms with van der Waals surface area (Å²) in [6.45, 7) is 2.68. The Labute approximate surface area is 160 Å². The second kappa shape index (κ2) is 7.11. The van der Waals surface area contributed by atoms with Gasteiger partial charge in [0.25, 0.3) is 5.56 Å². The van der Waals surface area contributed by atoms with Crippen LogP contribution in [0.25, 0.3) is 32.1 Å². The van der Waals surface area contributed by atoms with E-state index in [2.05, 4.69) is 11.9 Å². The summed E-state index contributed by atoms with van der Waals surface area (Å²) in [6, 6.07) is 13.4. The average molecular weight is 387 g/mol. The second-order valence-corrected chi connectivity index (χ2v) is 7.17. The quantitative estimate of drug-likeness (QED) is 0.481. The molecule has 0 saturated carbocycles. The highest BCUT2D eigenvalue weighted by atomic mass is 35.5. The molecule has 0 fully saturated rings. The van der Waals surface area contributed by atoms with Crippen molar-refractivity contribution in [2.45, 2.75) is 12.8 Å². The molecule has 2 aromatic heterocycles. The smallest absolute Gasteiger partial charge is 0.266 e. The molecule has 0 bridgehead atoms. The van der Waals surface area contributed by atoms with E-state index in [1.165, 1.54) is 16.9 Å². The molecule has 4 N–H and O–H groups in total. The van der Waals surface area contributed by atoms with Gasteiger partial charge >= 0.3 is 0 Å². The summed E-state index contributed by atoms with van der Waals surface area (Å²) in [5.41, 5.74) is 9.19. The van der Waals surface area contributed by atoms with Gasteiger partial charge in [-0.25, -0.2) is 0 Å². The Morgan fingerprint density at radius 2 is 1.88 bits per heavy atom. The minimum atomic E-state index is -0.0961. The van der Waals surface area contributed by atoms with Crippen LogP contribution in [0.4, 0.5) is 0 Å². The summed E-state index contributed by atoms with van der Waals surface area (Å²) in [7, 11) is 0. The number of halogens is 1. The number of rotatable bonds is 3. The van der Waals surface area contributed by atoms with Gasteiger partial charge < -0.3 is 15.8 Å². The normalized spacial score (nSPS) is 12.2. The van der Waals surface area contributed by atoms with E-state index >= 15 is 0 Å². The van der Waals surface area contributed by atoms with E-state index < -0.39 is 0 Å². The molecule has 2 heterocycles. The number of H-pyrrole nitrogens is 1. The van der Waals surface area contributed by atoms with Gasteiger partial charge in [-0.2, -0.15) is 0 Å². The van der Waals surface area contributed by atoms with Crippen LogP contribution >= 0.6 is 23.7 Å². The van der Waals surface area contributed by atoms with Crippen LogP contribution < -0.4 is 11.3 Å². The molecule has 4 nitrogen and oxygen atoms in total. The third kappa shape index (κ3) is 2.88. The molecule has 4 rings (SSSR count). The lowest BCUT2D eigenvalue weighted by atomic mass is 9.94. The molecule has 0 spiro atoms. The maximum Gasteiger partial charge on any atom is 0.266 e. The monoisotopic (exact) mass is 386 g/mol. The minimum Gasteiger partial charge on any atom is -0.507 e. The molecule has 2 aromatic carbocycles. The standard InChI is InChI=1S/C20H18N2O2S.ClH/c1-11(10-21)12-2-4-13(5-3-12)17-16(23)7-6-15-18(17)14-8-9-25-19(14)20(24)22-15;/h2-9,11,23H,10,21H2,1H3,(H,22,24);1H/t11-;/m1./s1. The van der Waals surface area contributed by atoms with E-state index in [0.717, 1.165) is 27.4 Å². The molecule has 0 unspecified atom stereocenters. The summed E-state index contributed by atoms with van der Waals surface area (Å²) in [5, 5.41) is 14.2. The van der Waals surface area contributed by atoms with Crippen molar-refractivity contribution in [3.05, 3.63) is 63.8 Å². The number of aromatic nitrogens is 1. The largest absolute Gasteiger partial charge is 0.507 e. The van der Waals surface area contributed by atoms with E-state index in [1.54, 1.807) is 12.1 Å². The molecule has 1 atom stereocenters. The molecule has 26 heavy (non-hydrogen) atoms. The summed E-state index contributed by atoms with van der Waals surface area (Å²) in [5.74, 6) is 0.488. The highest BCUT2D eigenvalue weighted by Crippen LogP contribution is 2.39. The zero-order chi connectivity index (χ0) is 17.6. The zero-order valence-electron chi connectivity index (χ0n) is 14.2. The molecular formula is C20H19ClN2O2S. The highest BCUT2D eigenvalue weighted by Gasteiger charge is 2.15. The van der Waals surface area contributed by atoms with Crippen molar-refractivity contribution in [3.8, 4) is 16.9 Å². The summed E-state index contributed by atoms with van der Waals surface area (Å²) < 4.78 is 0.674. The number of hydrogen-bond donors (Lipinski definition) is 3. The Kier molecular flexibility index (Phi) is 5.05. The number of pyridine rings is 1. The topological polar surface area (TPSA) is 79.1 Å². The number of hydrogen-bond acceptors (Lipinski definition) is 4. The zero-order valence-corrected chi connectivity index (χ0v) is 15.8. The molecule has 0 aliphatic heterocycles. The number of aromatic amines is 1. The van der Waals surface area contributed by atoms with Crippen molar-refractivity contribution in [2.75, 3.05) is 6.54 Å². The predicted molar refractivity (Wildman–Crippen MR) is 112 cm³/mol. The van der Waals surface area contributed by atoms with Gasteiger partial charge in [0.05, 0.1) is 0 Å². The van der Waals surface area contributed by atoms with E-state index in [9.17, 15) is 9.90 Å². The van der Waals surface area contributed by atoms with Gasteiger partial charge in [-0.05, 0) is 47.2 Å². The molecule has 6 heteroatoms. The number of phenolic OH excluding ortho intramolecular Hbond substituents is 1. The van der Waals surface area contributed by atoms with E-state index in [4.69, 9.17) is 5.73 Å². The van der Waals surface area contributed by atoms with Gasteiger partial charge in [0.15, 0.2) is 0 Å². The molecule has 0 aliphatic rings. The van der Waals surface area contributed by atoms with E-state index in [-0.39, 0.29) is 29.6 Å². The first-order chi connectivity index (χ1) is 12.1. The fourth-order valence-electron chi connectivity index (χ4n) is 3.24. The summed E-state index contributed by atoms with van der Waals surface area (Å²) in [4.78, 5) is 15.1. The number of nitrogens with two attached hydrogens (primary N) is 1. The number of phenols is 1. The number of fused-ring (bicyclic) bond motifs is 3. The molecular weight excluding hydrogens is 368 g/mol. The molecule has 0 amide bonds. The van der Waals surface area contributed by atoms with Gasteiger partial charge in [-0.1, -0.05) is 31.2 Å². The SMILES string of the molecule is C[C@H](CN)c1ccc(-c2c(O)ccc3[nH]c(=O)c4sccc4c23)cc1.Cl. The highest BCUT2D eigenvalue weighted by molar-refractivity contribution is 7.17. The molecule has 0 aliphatic carbocycles. The van der Waals surface area contributed by atoms with Crippen molar-refractivity contribution in [1.29, 1.82) is 0 Å². The summed E-state index contributed by atoms with van der Waals surface area (Å²) >= 11 is 1.41. The Morgan fingerprint density at radius 1 is 1.15 bits per heavy atom. The lowest BCUT2D eigenvalue weighted by Gasteiger charge is -2.13. The first kappa shape index (κ1) is 18.5. The molecule has 0 saturated heterocycles. The van der Waals surface area contributed by atoms with Crippen LogP contribution in [0.2, 0.25) is 0 Å². The Hall–Kier alpha value is -2.34. The van der Waals surface area contributed by atoms with Crippen LogP contribution in [0.1, 0.15) is 18.4 Å². The van der Waals surface area contributed by atoms with Gasteiger partial charge in [-0.15, -0.1) is 23.7 Å². The predicted octanol–water partition coefficient (Wildman–Crippen LogP) is 4.60. The first-order valence-electron chi connectivity index (χ1n) is 8.15. The average Bonchev–Trinajstić information content (AvgIpc) is 3.12. The van der Waals surface area contributed by atoms with Gasteiger partial charge in [0.1, 0.15) is 10.4 Å². The minimum absolute atomic E-state index is 0. The van der Waals surface area contributed by atoms with Crippen LogP contribution in [0, 0.1) is 0 Å². The number of nitrogens with one attached hydrogen (secondary N) is 1. The maximum absolute atomic E-state index is 12.2. The van der Waals surface area contributed by atoms with E-state index in [1.807, 2.05) is 35.7 Å². The van der Waals surface area contributed by atoms with Crippen molar-refractivity contribution < 1.29 is 5.11 Å². The fourth-order valence-corrected chi connectivity index (χ4v) is 4.04. The van der Waals surface area contributed by atoms with Crippen molar-refractivity contribution in [1.82, 2.24) is 4.98 Å². The third-order valence-corrected chi connectivity index (χ3v) is 5.61. The lowest BCUT2D eigenvalue weighted by Crippen LogP contribution is -2.08. The fraction of sp³-hybridized carbons (Fsp3) is 0.150. The van der Waals surface area contributed by atoms with Crippen molar-refractivity contribution in [2.24, 2.45) is 5.73 Å². The molecule has 4 aromatic rings. The van der Waals surface area contributed by atoms with Crippen LogP contribution in [0.15, 0.2) is 52.6 Å². The van der Waals surface area contributed by atoms with Crippen LogP contribution in [-0.4, -0.2) is 16.6 Å². The number of benzene rings is 2. The second-order valence-electron chi connectivity index (χ2n) is 6.26. The number of thiophene rings is 1. The van der Waals surface area contributed by atoms with Gasteiger partial charge in [0, 0.05) is 21.9 Å². The maximum atomic E-state index is 12.2. The Bertz CT molecular complexity index is 1130. The third-order valence-electron chi connectivity index (χ3n) is 4.69. The number of aromatic hydroxyl groups is 1.